The summed E-state index contributed by atoms with van der Waals surface area (Å²) in [6, 6.07) is 5.97. The number of benzene rings is 1. The van der Waals surface area contributed by atoms with Crippen molar-refractivity contribution in [3.05, 3.63) is 29.3 Å². The van der Waals surface area contributed by atoms with Gasteiger partial charge in [0.05, 0.1) is 0 Å². The highest BCUT2D eigenvalue weighted by molar-refractivity contribution is 5.33. The fraction of sp³-hybridized carbons (Fsp3) is 0.600. The van der Waals surface area contributed by atoms with E-state index in [2.05, 4.69) is 39.9 Å². The van der Waals surface area contributed by atoms with Gasteiger partial charge in [-0.1, -0.05) is 6.07 Å². The van der Waals surface area contributed by atoms with Crippen molar-refractivity contribution in [3.8, 4) is 5.75 Å². The number of rotatable bonds is 5. The zero-order valence-corrected chi connectivity index (χ0v) is 12.1. The molecule has 0 bridgehead atoms. The van der Waals surface area contributed by atoms with Crippen molar-refractivity contribution in [2.75, 3.05) is 13.2 Å². The first-order chi connectivity index (χ1) is 8.28. The molecule has 1 rings (SSSR count). The largest absolute Gasteiger partial charge is 0.491 e. The van der Waals surface area contributed by atoms with Crippen LogP contribution in [0.1, 0.15) is 31.9 Å². The lowest BCUT2D eigenvalue weighted by molar-refractivity contribution is 0.100. The Morgan fingerprint density at radius 3 is 2.44 bits per heavy atom. The Bertz CT molecular complexity index is 383. The summed E-state index contributed by atoms with van der Waals surface area (Å²) in [5.41, 5.74) is 2.47. The van der Waals surface area contributed by atoms with Crippen LogP contribution in [0.3, 0.4) is 0 Å². The molecule has 0 spiro atoms. The Hall–Kier alpha value is -1.06. The first-order valence-corrected chi connectivity index (χ1v) is 6.41. The number of hydrogen-bond acceptors (Lipinski definition) is 3. The number of aliphatic hydroxyl groups is 1. The summed E-state index contributed by atoms with van der Waals surface area (Å²) in [4.78, 5) is 0. The third-order valence-electron chi connectivity index (χ3n) is 2.79. The quantitative estimate of drug-likeness (QED) is 0.844. The van der Waals surface area contributed by atoms with E-state index in [4.69, 9.17) is 4.74 Å². The van der Waals surface area contributed by atoms with Gasteiger partial charge >= 0.3 is 0 Å². The fourth-order valence-corrected chi connectivity index (χ4v) is 1.48. The van der Waals surface area contributed by atoms with Crippen molar-refractivity contribution in [2.45, 2.75) is 46.3 Å². The SMILES string of the molecule is Cc1ccc(OC[C@H](O)CNC(C)(C)C)cc1C. The van der Waals surface area contributed by atoms with E-state index < -0.39 is 6.10 Å². The van der Waals surface area contributed by atoms with Crippen LogP contribution < -0.4 is 10.1 Å². The monoisotopic (exact) mass is 251 g/mol. The highest BCUT2D eigenvalue weighted by Gasteiger charge is 2.12. The molecule has 1 aromatic rings. The molecule has 0 saturated heterocycles. The number of aryl methyl sites for hydroxylation is 2. The van der Waals surface area contributed by atoms with Crippen molar-refractivity contribution >= 4 is 0 Å². The molecule has 18 heavy (non-hydrogen) atoms. The maximum absolute atomic E-state index is 9.81. The van der Waals surface area contributed by atoms with Crippen LogP contribution in [-0.2, 0) is 0 Å². The summed E-state index contributed by atoms with van der Waals surface area (Å²) in [6.45, 7) is 11.2. The average Bonchev–Trinajstić information content (AvgIpc) is 2.27. The Labute approximate surface area is 110 Å². The molecule has 2 N–H and O–H groups in total. The summed E-state index contributed by atoms with van der Waals surface area (Å²) in [6.07, 6.45) is -0.495. The summed E-state index contributed by atoms with van der Waals surface area (Å²) in [5.74, 6) is 0.813. The first kappa shape index (κ1) is 15.0. The van der Waals surface area contributed by atoms with Crippen molar-refractivity contribution in [3.63, 3.8) is 0 Å². The maximum Gasteiger partial charge on any atom is 0.119 e. The molecular weight excluding hydrogens is 226 g/mol. The van der Waals surface area contributed by atoms with E-state index >= 15 is 0 Å². The van der Waals surface area contributed by atoms with E-state index in [0.29, 0.717) is 13.2 Å². The Balaban J connectivity index is 2.38. The molecular formula is C15H25NO2. The van der Waals surface area contributed by atoms with Crippen LogP contribution in [0.5, 0.6) is 5.75 Å². The highest BCUT2D eigenvalue weighted by atomic mass is 16.5. The Morgan fingerprint density at radius 2 is 1.89 bits per heavy atom. The molecule has 3 nitrogen and oxygen atoms in total. The van der Waals surface area contributed by atoms with E-state index in [1.54, 1.807) is 0 Å². The van der Waals surface area contributed by atoms with Crippen LogP contribution in [0.4, 0.5) is 0 Å². The van der Waals surface area contributed by atoms with Gasteiger partial charge in [0, 0.05) is 12.1 Å². The third kappa shape index (κ3) is 5.52. The molecule has 0 fully saturated rings. The maximum atomic E-state index is 9.81. The normalized spacial score (nSPS) is 13.4. The van der Waals surface area contributed by atoms with Gasteiger partial charge in [-0.2, -0.15) is 0 Å². The van der Waals surface area contributed by atoms with Crippen molar-refractivity contribution in [2.24, 2.45) is 0 Å². The summed E-state index contributed by atoms with van der Waals surface area (Å²) in [7, 11) is 0. The number of β-amino-alcohol motifs (C(OH)–C–C–N with tert-alkyl or cyclic N) is 1. The second-order valence-corrected chi connectivity index (χ2v) is 5.84. The predicted octanol–water partition coefficient (Wildman–Crippen LogP) is 2.43. The van der Waals surface area contributed by atoms with Crippen molar-refractivity contribution < 1.29 is 9.84 Å². The lowest BCUT2D eigenvalue weighted by Gasteiger charge is -2.23. The van der Waals surface area contributed by atoms with Crippen LogP contribution in [0.25, 0.3) is 0 Å². The van der Waals surface area contributed by atoms with Gasteiger partial charge in [-0.15, -0.1) is 0 Å². The summed E-state index contributed by atoms with van der Waals surface area (Å²) in [5, 5.41) is 13.1. The van der Waals surface area contributed by atoms with Crippen LogP contribution in [-0.4, -0.2) is 29.9 Å². The molecule has 0 aliphatic rings. The lowest BCUT2D eigenvalue weighted by Crippen LogP contribution is -2.42. The van der Waals surface area contributed by atoms with E-state index in [1.165, 1.54) is 11.1 Å². The molecule has 102 valence electrons. The van der Waals surface area contributed by atoms with Gasteiger partial charge in [-0.3, -0.25) is 0 Å². The molecule has 0 aliphatic heterocycles. The number of hydrogen-bond donors (Lipinski definition) is 2. The number of nitrogens with one attached hydrogen (secondary N) is 1. The fourth-order valence-electron chi connectivity index (χ4n) is 1.48. The Morgan fingerprint density at radius 1 is 1.22 bits per heavy atom. The molecule has 1 atom stereocenters. The van der Waals surface area contributed by atoms with Gasteiger partial charge in [0.2, 0.25) is 0 Å². The molecule has 0 unspecified atom stereocenters. The molecule has 1 aromatic carbocycles. The van der Waals surface area contributed by atoms with Gasteiger partial charge in [-0.25, -0.2) is 0 Å². The van der Waals surface area contributed by atoms with E-state index in [0.717, 1.165) is 5.75 Å². The predicted molar refractivity (Wildman–Crippen MR) is 75.2 cm³/mol. The van der Waals surface area contributed by atoms with Crippen molar-refractivity contribution in [1.82, 2.24) is 5.32 Å². The highest BCUT2D eigenvalue weighted by Crippen LogP contribution is 2.16. The molecule has 0 saturated carbocycles. The van der Waals surface area contributed by atoms with Gasteiger partial charge in [0.1, 0.15) is 18.5 Å². The topological polar surface area (TPSA) is 41.5 Å². The van der Waals surface area contributed by atoms with Crippen LogP contribution in [0.2, 0.25) is 0 Å². The third-order valence-corrected chi connectivity index (χ3v) is 2.79. The molecule has 0 heterocycles. The lowest BCUT2D eigenvalue weighted by atomic mass is 10.1. The number of aliphatic hydroxyl groups excluding tert-OH is 1. The van der Waals surface area contributed by atoms with Gasteiger partial charge < -0.3 is 15.2 Å². The Kier molecular flexibility index (Phi) is 5.17. The second-order valence-electron chi connectivity index (χ2n) is 5.84. The standard InChI is InChI=1S/C15H25NO2/c1-11-6-7-14(8-12(11)2)18-10-13(17)9-16-15(3,4)5/h6-8,13,16-17H,9-10H2,1-5H3/t13-/m1/s1. The van der Waals surface area contributed by atoms with Crippen LogP contribution in [0, 0.1) is 13.8 Å². The number of ether oxygens (including phenoxy) is 1. The molecule has 0 amide bonds. The van der Waals surface area contributed by atoms with Crippen LogP contribution >= 0.6 is 0 Å². The molecule has 0 radical (unpaired) electrons. The van der Waals surface area contributed by atoms with Gasteiger partial charge in [0.25, 0.3) is 0 Å². The molecule has 3 heteroatoms. The minimum atomic E-state index is -0.495. The zero-order valence-electron chi connectivity index (χ0n) is 12.1. The van der Waals surface area contributed by atoms with Crippen LogP contribution in [0.15, 0.2) is 18.2 Å². The van der Waals surface area contributed by atoms with Crippen molar-refractivity contribution in [1.29, 1.82) is 0 Å². The summed E-state index contributed by atoms with van der Waals surface area (Å²) < 4.78 is 5.58. The molecule has 0 aromatic heterocycles. The zero-order chi connectivity index (χ0) is 13.8. The second kappa shape index (κ2) is 6.21. The van der Waals surface area contributed by atoms with E-state index in [1.807, 2.05) is 18.2 Å². The first-order valence-electron chi connectivity index (χ1n) is 6.41. The van der Waals surface area contributed by atoms with E-state index in [9.17, 15) is 5.11 Å². The molecule has 0 aliphatic carbocycles. The van der Waals surface area contributed by atoms with Gasteiger partial charge in [-0.05, 0) is 57.9 Å². The summed E-state index contributed by atoms with van der Waals surface area (Å²) >= 11 is 0. The smallest absolute Gasteiger partial charge is 0.119 e. The average molecular weight is 251 g/mol. The minimum Gasteiger partial charge on any atom is -0.491 e. The van der Waals surface area contributed by atoms with Gasteiger partial charge in [0.15, 0.2) is 0 Å². The minimum absolute atomic E-state index is 0.0153. The van der Waals surface area contributed by atoms with E-state index in [-0.39, 0.29) is 5.54 Å².